The van der Waals surface area contributed by atoms with E-state index in [0.717, 1.165) is 10.9 Å². The van der Waals surface area contributed by atoms with Crippen LogP contribution in [0.5, 0.6) is 0 Å². The van der Waals surface area contributed by atoms with Crippen LogP contribution in [0.25, 0.3) is 0 Å². The number of aromatic amines is 1. The number of nitrogens with zero attached hydrogens (tertiary/aromatic N) is 2. The summed E-state index contributed by atoms with van der Waals surface area (Å²) in [6, 6.07) is 1.70. The van der Waals surface area contributed by atoms with Crippen LogP contribution in [0.4, 0.5) is 4.39 Å². The summed E-state index contributed by atoms with van der Waals surface area (Å²) in [6.45, 7) is -0.150. The van der Waals surface area contributed by atoms with Crippen molar-refractivity contribution >= 4 is 0 Å². The van der Waals surface area contributed by atoms with Crippen molar-refractivity contribution in [3.8, 4) is 6.07 Å². The largest absolute Gasteiger partial charge is 0.303 e. The standard InChI is InChI=1S/C5H4FN3O/c6-4-3-8-9(2-1-7)5(4)10/h3,8H,2H2. The van der Waals surface area contributed by atoms with E-state index in [1.807, 2.05) is 0 Å². The molecule has 0 bridgehead atoms. The number of nitriles is 1. The first kappa shape index (κ1) is 6.55. The molecular formula is C5H4FN3O. The summed E-state index contributed by atoms with van der Waals surface area (Å²) in [5, 5.41) is 10.4. The molecule has 0 saturated carbocycles. The Morgan fingerprint density at radius 1 is 1.90 bits per heavy atom. The Labute approximate surface area is 55.5 Å². The van der Waals surface area contributed by atoms with Crippen LogP contribution >= 0.6 is 0 Å². The molecule has 0 aliphatic rings. The number of aromatic nitrogens is 2. The molecule has 0 unspecified atom stereocenters. The minimum Gasteiger partial charge on any atom is -0.299 e. The molecule has 0 aliphatic carbocycles. The SMILES string of the molecule is N#CCn1[nH]cc(F)c1=O. The van der Waals surface area contributed by atoms with Gasteiger partial charge < -0.3 is 0 Å². The van der Waals surface area contributed by atoms with Gasteiger partial charge in [0.05, 0.1) is 12.3 Å². The maximum Gasteiger partial charge on any atom is 0.303 e. The normalized spacial score (nSPS) is 9.20. The fourth-order valence-corrected chi connectivity index (χ4v) is 0.572. The summed E-state index contributed by atoms with van der Waals surface area (Å²) in [5.41, 5.74) is -0.790. The predicted octanol–water partition coefficient (Wildman–Crippen LogP) is -0.161. The van der Waals surface area contributed by atoms with E-state index in [9.17, 15) is 9.18 Å². The predicted molar refractivity (Wildman–Crippen MR) is 30.6 cm³/mol. The molecule has 0 fully saturated rings. The van der Waals surface area contributed by atoms with Gasteiger partial charge in [-0.3, -0.25) is 9.89 Å². The van der Waals surface area contributed by atoms with Crippen molar-refractivity contribution < 1.29 is 4.39 Å². The lowest BCUT2D eigenvalue weighted by molar-refractivity contribution is 0.602. The minimum absolute atomic E-state index is 0.150. The summed E-state index contributed by atoms with van der Waals surface area (Å²) in [6.07, 6.45) is 0.916. The molecule has 0 spiro atoms. The highest BCUT2D eigenvalue weighted by Gasteiger charge is 2.01. The van der Waals surface area contributed by atoms with E-state index in [-0.39, 0.29) is 6.54 Å². The Kier molecular flexibility index (Phi) is 1.54. The molecule has 0 radical (unpaired) electrons. The molecule has 0 amide bonds. The van der Waals surface area contributed by atoms with E-state index in [1.165, 1.54) is 0 Å². The van der Waals surface area contributed by atoms with Gasteiger partial charge >= 0.3 is 5.56 Å². The molecule has 1 N–H and O–H groups in total. The zero-order chi connectivity index (χ0) is 7.56. The Bertz CT molecular complexity index is 318. The third-order valence-corrected chi connectivity index (χ3v) is 1.03. The maximum absolute atomic E-state index is 12.2. The van der Waals surface area contributed by atoms with Crippen LogP contribution in [0, 0.1) is 17.1 Å². The molecule has 0 saturated heterocycles. The van der Waals surface area contributed by atoms with Crippen LogP contribution in [0.1, 0.15) is 0 Å². The molecule has 1 rings (SSSR count). The highest BCUT2D eigenvalue weighted by molar-refractivity contribution is 4.87. The van der Waals surface area contributed by atoms with E-state index in [1.54, 1.807) is 6.07 Å². The number of rotatable bonds is 1. The quantitative estimate of drug-likeness (QED) is 0.590. The topological polar surface area (TPSA) is 61.6 Å². The van der Waals surface area contributed by atoms with Crippen molar-refractivity contribution in [2.24, 2.45) is 0 Å². The first-order valence-corrected chi connectivity index (χ1v) is 2.56. The Morgan fingerprint density at radius 2 is 2.60 bits per heavy atom. The molecule has 5 heteroatoms. The van der Waals surface area contributed by atoms with Crippen LogP contribution < -0.4 is 5.56 Å². The first-order valence-electron chi connectivity index (χ1n) is 2.56. The van der Waals surface area contributed by atoms with Gasteiger partial charge in [0.1, 0.15) is 6.54 Å². The molecule has 10 heavy (non-hydrogen) atoms. The van der Waals surface area contributed by atoms with Gasteiger partial charge in [-0.1, -0.05) is 0 Å². The number of H-pyrrole nitrogens is 1. The average molecular weight is 141 g/mol. The van der Waals surface area contributed by atoms with Crippen LogP contribution in [-0.4, -0.2) is 9.78 Å². The molecule has 1 aromatic heterocycles. The third kappa shape index (κ3) is 0.910. The summed E-state index contributed by atoms with van der Waals surface area (Å²) in [7, 11) is 0. The fourth-order valence-electron chi connectivity index (χ4n) is 0.572. The van der Waals surface area contributed by atoms with Crippen molar-refractivity contribution in [3.63, 3.8) is 0 Å². The third-order valence-electron chi connectivity index (χ3n) is 1.03. The van der Waals surface area contributed by atoms with Crippen LogP contribution in [0.2, 0.25) is 0 Å². The lowest BCUT2D eigenvalue weighted by Crippen LogP contribution is -2.17. The van der Waals surface area contributed by atoms with E-state index in [4.69, 9.17) is 5.26 Å². The van der Waals surface area contributed by atoms with Crippen molar-refractivity contribution in [2.45, 2.75) is 6.54 Å². The number of nitrogens with one attached hydrogen (secondary N) is 1. The van der Waals surface area contributed by atoms with Gasteiger partial charge in [-0.15, -0.1) is 0 Å². The van der Waals surface area contributed by atoms with Crippen LogP contribution in [0.3, 0.4) is 0 Å². The van der Waals surface area contributed by atoms with E-state index < -0.39 is 11.4 Å². The Hall–Kier alpha value is -1.57. The fraction of sp³-hybridized carbons (Fsp3) is 0.200. The zero-order valence-electron chi connectivity index (χ0n) is 4.97. The zero-order valence-corrected chi connectivity index (χ0v) is 4.97. The van der Waals surface area contributed by atoms with Gasteiger partial charge in [-0.05, 0) is 0 Å². The monoisotopic (exact) mass is 141 g/mol. The van der Waals surface area contributed by atoms with Gasteiger partial charge in [0, 0.05) is 0 Å². The van der Waals surface area contributed by atoms with Gasteiger partial charge in [0.25, 0.3) is 0 Å². The smallest absolute Gasteiger partial charge is 0.299 e. The van der Waals surface area contributed by atoms with Crippen LogP contribution in [0.15, 0.2) is 11.0 Å². The highest BCUT2D eigenvalue weighted by atomic mass is 19.1. The lowest BCUT2D eigenvalue weighted by Gasteiger charge is -1.87. The molecule has 1 heterocycles. The minimum atomic E-state index is -0.866. The summed E-state index contributed by atoms with van der Waals surface area (Å²) in [4.78, 5) is 10.6. The molecule has 0 atom stereocenters. The van der Waals surface area contributed by atoms with E-state index in [0.29, 0.717) is 0 Å². The Balaban J connectivity index is 3.09. The first-order chi connectivity index (χ1) is 4.75. The molecule has 52 valence electrons. The second kappa shape index (κ2) is 2.35. The maximum atomic E-state index is 12.2. The molecule has 0 aromatic carbocycles. The second-order valence-corrected chi connectivity index (χ2v) is 1.67. The summed E-state index contributed by atoms with van der Waals surface area (Å²) >= 11 is 0. The summed E-state index contributed by atoms with van der Waals surface area (Å²) in [5.74, 6) is -0.866. The van der Waals surface area contributed by atoms with E-state index >= 15 is 0 Å². The summed E-state index contributed by atoms with van der Waals surface area (Å²) < 4.78 is 13.1. The van der Waals surface area contributed by atoms with Gasteiger partial charge in [0.15, 0.2) is 0 Å². The van der Waals surface area contributed by atoms with Gasteiger partial charge in [-0.2, -0.15) is 9.65 Å². The number of hydrogen-bond donors (Lipinski definition) is 1. The average Bonchev–Trinajstić information content (AvgIpc) is 2.20. The van der Waals surface area contributed by atoms with Crippen molar-refractivity contribution in [1.82, 2.24) is 9.78 Å². The number of hydrogen-bond acceptors (Lipinski definition) is 2. The number of halogens is 1. The molecule has 1 aromatic rings. The van der Waals surface area contributed by atoms with Crippen LogP contribution in [-0.2, 0) is 6.54 Å². The second-order valence-electron chi connectivity index (χ2n) is 1.67. The molecular weight excluding hydrogens is 137 g/mol. The van der Waals surface area contributed by atoms with Crippen molar-refractivity contribution in [2.75, 3.05) is 0 Å². The van der Waals surface area contributed by atoms with Gasteiger partial charge in [0.2, 0.25) is 5.82 Å². The molecule has 4 nitrogen and oxygen atoms in total. The molecule has 0 aliphatic heterocycles. The van der Waals surface area contributed by atoms with E-state index in [2.05, 4.69) is 5.10 Å². The Morgan fingerprint density at radius 3 is 3.00 bits per heavy atom. The highest BCUT2D eigenvalue weighted by Crippen LogP contribution is 1.83. The van der Waals surface area contributed by atoms with Gasteiger partial charge in [-0.25, -0.2) is 4.68 Å². The van der Waals surface area contributed by atoms with Crippen molar-refractivity contribution in [1.29, 1.82) is 5.26 Å². The lowest BCUT2D eigenvalue weighted by atomic mass is 10.6. The van der Waals surface area contributed by atoms with Crippen molar-refractivity contribution in [3.05, 3.63) is 22.4 Å².